The first-order chi connectivity index (χ1) is 11.9. The molecule has 0 atom stereocenters. The van der Waals surface area contributed by atoms with Gasteiger partial charge in [0.1, 0.15) is 5.82 Å². The number of hydrogen-bond donors (Lipinski definition) is 0. The second kappa shape index (κ2) is 7.04. The quantitative estimate of drug-likeness (QED) is 0.427. The standard InChI is InChI=1S/C16H18FNO7S/c1-16(2)24-12(15(20)25-16)8-14(19)18(23-3)9-10-5-6-11(17)7-13(10)26(4,21)22/h5-8H,9H2,1-4H3/b12-8-. The van der Waals surface area contributed by atoms with Crippen LogP contribution in [0.1, 0.15) is 19.4 Å². The van der Waals surface area contributed by atoms with Gasteiger partial charge in [0, 0.05) is 20.1 Å². The van der Waals surface area contributed by atoms with Gasteiger partial charge in [-0.1, -0.05) is 6.07 Å². The maximum atomic E-state index is 13.4. The molecule has 0 bridgehead atoms. The average Bonchev–Trinajstić information content (AvgIpc) is 2.76. The summed E-state index contributed by atoms with van der Waals surface area (Å²) in [6.07, 6.45) is 1.81. The zero-order valence-electron chi connectivity index (χ0n) is 14.6. The maximum absolute atomic E-state index is 13.4. The van der Waals surface area contributed by atoms with E-state index in [1.54, 1.807) is 0 Å². The summed E-state index contributed by atoms with van der Waals surface area (Å²) < 4.78 is 47.2. The van der Waals surface area contributed by atoms with Crippen molar-refractivity contribution in [1.29, 1.82) is 0 Å². The van der Waals surface area contributed by atoms with Gasteiger partial charge in [-0.3, -0.25) is 9.63 Å². The Labute approximate surface area is 150 Å². The Bertz CT molecular complexity index is 877. The van der Waals surface area contributed by atoms with Crippen LogP contribution in [0.2, 0.25) is 0 Å². The highest BCUT2D eigenvalue weighted by atomic mass is 32.2. The van der Waals surface area contributed by atoms with E-state index >= 15 is 0 Å². The molecule has 142 valence electrons. The van der Waals surface area contributed by atoms with Crippen LogP contribution in [-0.2, 0) is 40.3 Å². The van der Waals surface area contributed by atoms with E-state index in [0.717, 1.165) is 29.5 Å². The van der Waals surface area contributed by atoms with Gasteiger partial charge in [0.05, 0.1) is 24.6 Å². The number of ether oxygens (including phenoxy) is 2. The minimum absolute atomic E-state index is 0.151. The molecule has 0 aromatic heterocycles. The molecule has 1 aromatic rings. The first kappa shape index (κ1) is 19.9. The monoisotopic (exact) mass is 387 g/mol. The summed E-state index contributed by atoms with van der Waals surface area (Å²) in [6, 6.07) is 3.17. The molecule has 1 amide bonds. The normalized spacial score (nSPS) is 17.7. The van der Waals surface area contributed by atoms with Gasteiger partial charge >= 0.3 is 5.97 Å². The first-order valence-corrected chi connectivity index (χ1v) is 9.30. The SMILES string of the molecule is CON(Cc1ccc(F)cc1S(C)(=O)=O)C(=O)/C=C1\OC(C)(C)OC1=O. The lowest BCUT2D eigenvalue weighted by Gasteiger charge is -2.20. The minimum atomic E-state index is -3.73. The number of benzene rings is 1. The minimum Gasteiger partial charge on any atom is -0.445 e. The average molecular weight is 387 g/mol. The molecule has 1 aliphatic heterocycles. The van der Waals surface area contributed by atoms with Crippen molar-refractivity contribution >= 4 is 21.7 Å². The van der Waals surface area contributed by atoms with Crippen molar-refractivity contribution in [1.82, 2.24) is 5.06 Å². The number of halogens is 1. The van der Waals surface area contributed by atoms with Gasteiger partial charge in [0.2, 0.25) is 11.5 Å². The fourth-order valence-corrected chi connectivity index (χ4v) is 3.20. The second-order valence-electron chi connectivity index (χ2n) is 5.98. The van der Waals surface area contributed by atoms with Gasteiger partial charge in [-0.15, -0.1) is 0 Å². The van der Waals surface area contributed by atoms with E-state index in [1.807, 2.05) is 0 Å². The molecule has 1 fully saturated rings. The highest BCUT2D eigenvalue weighted by molar-refractivity contribution is 7.90. The number of carbonyl (C=O) groups excluding carboxylic acids is 2. The Morgan fingerprint density at radius 3 is 2.50 bits per heavy atom. The summed E-state index contributed by atoms with van der Waals surface area (Å²) in [6.45, 7) is 2.71. The van der Waals surface area contributed by atoms with Gasteiger partial charge in [0.25, 0.3) is 5.91 Å². The first-order valence-electron chi connectivity index (χ1n) is 7.41. The molecule has 0 N–H and O–H groups in total. The number of cyclic esters (lactones) is 1. The predicted octanol–water partition coefficient (Wildman–Crippen LogP) is 1.31. The van der Waals surface area contributed by atoms with Gasteiger partial charge in [-0.2, -0.15) is 0 Å². The van der Waals surface area contributed by atoms with Crippen LogP contribution in [0.4, 0.5) is 4.39 Å². The maximum Gasteiger partial charge on any atom is 0.377 e. The molecular weight excluding hydrogens is 369 g/mol. The molecule has 8 nitrogen and oxygen atoms in total. The fraction of sp³-hybridized carbons (Fsp3) is 0.375. The van der Waals surface area contributed by atoms with Crippen molar-refractivity contribution in [2.24, 2.45) is 0 Å². The van der Waals surface area contributed by atoms with E-state index in [1.165, 1.54) is 27.0 Å². The molecule has 1 aromatic carbocycles. The number of nitrogens with zero attached hydrogens (tertiary/aromatic N) is 1. The second-order valence-corrected chi connectivity index (χ2v) is 7.97. The van der Waals surface area contributed by atoms with Crippen LogP contribution >= 0.6 is 0 Å². The van der Waals surface area contributed by atoms with Crippen LogP contribution in [0.25, 0.3) is 0 Å². The molecule has 0 saturated carbocycles. The third kappa shape index (κ3) is 4.58. The third-order valence-corrected chi connectivity index (χ3v) is 4.54. The predicted molar refractivity (Wildman–Crippen MR) is 86.4 cm³/mol. The van der Waals surface area contributed by atoms with E-state index in [9.17, 15) is 22.4 Å². The van der Waals surface area contributed by atoms with Crippen molar-refractivity contribution in [3.63, 3.8) is 0 Å². The molecule has 1 saturated heterocycles. The van der Waals surface area contributed by atoms with Gasteiger partial charge in [-0.05, 0) is 17.7 Å². The van der Waals surface area contributed by atoms with E-state index in [2.05, 4.69) is 0 Å². The Morgan fingerprint density at radius 2 is 2.00 bits per heavy atom. The van der Waals surface area contributed by atoms with Crippen molar-refractivity contribution < 1.29 is 36.7 Å². The Morgan fingerprint density at radius 1 is 1.35 bits per heavy atom. The number of rotatable bonds is 5. The molecule has 0 radical (unpaired) electrons. The van der Waals surface area contributed by atoms with E-state index in [0.29, 0.717) is 0 Å². The Hall–Kier alpha value is -2.46. The van der Waals surface area contributed by atoms with E-state index in [-0.39, 0.29) is 22.8 Å². The summed E-state index contributed by atoms with van der Waals surface area (Å²) in [7, 11) is -2.54. The third-order valence-electron chi connectivity index (χ3n) is 3.36. The summed E-state index contributed by atoms with van der Waals surface area (Å²) >= 11 is 0. The highest BCUT2D eigenvalue weighted by Gasteiger charge is 2.38. The number of hydrogen-bond acceptors (Lipinski definition) is 7. The molecule has 1 aliphatic rings. The summed E-state index contributed by atoms with van der Waals surface area (Å²) in [4.78, 5) is 28.7. The fourth-order valence-electron chi connectivity index (χ4n) is 2.26. The lowest BCUT2D eigenvalue weighted by atomic mass is 10.2. The molecule has 0 aliphatic carbocycles. The summed E-state index contributed by atoms with van der Waals surface area (Å²) in [5.41, 5.74) is 0.151. The molecule has 1 heterocycles. The topological polar surface area (TPSA) is 99.2 Å². The van der Waals surface area contributed by atoms with Gasteiger partial charge in [0.15, 0.2) is 9.84 Å². The zero-order valence-corrected chi connectivity index (χ0v) is 15.4. The molecular formula is C16H18FNO7S. The summed E-state index contributed by atoms with van der Waals surface area (Å²) in [5.74, 6) is -3.80. The highest BCUT2D eigenvalue weighted by Crippen LogP contribution is 2.26. The van der Waals surface area contributed by atoms with Crippen molar-refractivity contribution in [2.75, 3.05) is 13.4 Å². The van der Waals surface area contributed by atoms with Gasteiger partial charge in [-0.25, -0.2) is 22.7 Å². The molecule has 26 heavy (non-hydrogen) atoms. The van der Waals surface area contributed by atoms with Crippen LogP contribution in [0.15, 0.2) is 34.9 Å². The lowest BCUT2D eigenvalue weighted by Crippen LogP contribution is -2.29. The zero-order chi connectivity index (χ0) is 19.7. The van der Waals surface area contributed by atoms with E-state index < -0.39 is 33.3 Å². The van der Waals surface area contributed by atoms with E-state index in [4.69, 9.17) is 14.3 Å². The van der Waals surface area contributed by atoms with Crippen LogP contribution in [0, 0.1) is 5.82 Å². The number of sulfone groups is 1. The van der Waals surface area contributed by atoms with Crippen LogP contribution < -0.4 is 0 Å². The largest absolute Gasteiger partial charge is 0.445 e. The molecule has 10 heteroatoms. The number of amides is 1. The van der Waals surface area contributed by atoms with Crippen molar-refractivity contribution in [2.45, 2.75) is 31.1 Å². The lowest BCUT2D eigenvalue weighted by molar-refractivity contribution is -0.173. The molecule has 2 rings (SSSR count). The summed E-state index contributed by atoms with van der Waals surface area (Å²) in [5, 5.41) is 0.802. The molecule has 0 spiro atoms. The van der Waals surface area contributed by atoms with Crippen molar-refractivity contribution in [3.8, 4) is 0 Å². The van der Waals surface area contributed by atoms with Crippen molar-refractivity contribution in [3.05, 3.63) is 41.4 Å². The Kier molecular flexibility index (Phi) is 5.38. The number of hydroxylamine groups is 2. The Balaban J connectivity index is 2.28. The smallest absolute Gasteiger partial charge is 0.377 e. The van der Waals surface area contributed by atoms with Gasteiger partial charge < -0.3 is 9.47 Å². The number of carbonyl (C=O) groups is 2. The van der Waals surface area contributed by atoms with Crippen LogP contribution in [-0.4, -0.2) is 44.5 Å². The van der Waals surface area contributed by atoms with Crippen LogP contribution in [0.5, 0.6) is 0 Å². The van der Waals surface area contributed by atoms with Crippen LogP contribution in [0.3, 0.4) is 0 Å². The number of esters is 1. The molecule has 0 unspecified atom stereocenters.